The van der Waals surface area contributed by atoms with Gasteiger partial charge in [-0.3, -0.25) is 4.90 Å². The summed E-state index contributed by atoms with van der Waals surface area (Å²) in [7, 11) is 0. The highest BCUT2D eigenvalue weighted by Crippen LogP contribution is 2.33. The van der Waals surface area contributed by atoms with Crippen molar-refractivity contribution in [1.29, 1.82) is 0 Å². The van der Waals surface area contributed by atoms with E-state index in [1.807, 2.05) is 4.90 Å². The number of urea groups is 1. The van der Waals surface area contributed by atoms with Crippen LogP contribution in [-0.4, -0.2) is 53.0 Å². The Morgan fingerprint density at radius 2 is 1.61 bits per heavy atom. The van der Waals surface area contributed by atoms with Crippen LogP contribution in [0.25, 0.3) is 10.9 Å². The van der Waals surface area contributed by atoms with Gasteiger partial charge in [-0.05, 0) is 48.8 Å². The van der Waals surface area contributed by atoms with E-state index in [2.05, 4.69) is 76.0 Å². The minimum atomic E-state index is 0.124. The van der Waals surface area contributed by atoms with Gasteiger partial charge in [0.15, 0.2) is 0 Å². The summed E-state index contributed by atoms with van der Waals surface area (Å²) < 4.78 is 0. The first-order valence-corrected chi connectivity index (χ1v) is 11.6. The molecule has 1 aromatic heterocycles. The number of hydrogen-bond donors (Lipinski definition) is 2. The van der Waals surface area contributed by atoms with E-state index >= 15 is 0 Å². The number of para-hydroxylation sites is 1. The zero-order valence-corrected chi connectivity index (χ0v) is 18.1. The molecule has 31 heavy (non-hydrogen) atoms. The van der Waals surface area contributed by atoms with Crippen molar-refractivity contribution >= 4 is 16.9 Å². The lowest BCUT2D eigenvalue weighted by molar-refractivity contribution is 0.159. The van der Waals surface area contributed by atoms with Crippen LogP contribution in [0.4, 0.5) is 4.79 Å². The molecule has 2 N–H and O–H groups in total. The third-order valence-corrected chi connectivity index (χ3v) is 7.01. The predicted octanol–water partition coefficient (Wildman–Crippen LogP) is 4.72. The highest BCUT2D eigenvalue weighted by atomic mass is 16.2. The number of nitrogens with zero attached hydrogens (tertiary/aromatic N) is 2. The van der Waals surface area contributed by atoms with Crippen molar-refractivity contribution < 1.29 is 4.79 Å². The lowest BCUT2D eigenvalue weighted by Gasteiger charge is -2.36. The molecular formula is C26H32N4O. The molecule has 5 rings (SSSR count). The number of carbonyl (C=O) groups excluding carboxylic acids is 1. The summed E-state index contributed by atoms with van der Waals surface area (Å²) in [5.74, 6) is 0.529. The first kappa shape index (κ1) is 20.1. The second kappa shape index (κ2) is 9.15. The molecule has 0 atom stereocenters. The molecule has 0 spiro atoms. The maximum absolute atomic E-state index is 12.8. The second-order valence-corrected chi connectivity index (χ2v) is 9.04. The lowest BCUT2D eigenvalue weighted by atomic mass is 9.89. The number of piperidine rings is 2. The van der Waals surface area contributed by atoms with Crippen LogP contribution in [0, 0.1) is 0 Å². The Morgan fingerprint density at radius 3 is 2.39 bits per heavy atom. The average Bonchev–Trinajstić information content (AvgIpc) is 3.25. The molecule has 3 aromatic rings. The van der Waals surface area contributed by atoms with E-state index in [0.29, 0.717) is 12.0 Å². The zero-order chi connectivity index (χ0) is 21.0. The molecule has 0 aliphatic carbocycles. The predicted molar refractivity (Wildman–Crippen MR) is 125 cm³/mol. The van der Waals surface area contributed by atoms with Gasteiger partial charge in [0.2, 0.25) is 0 Å². The van der Waals surface area contributed by atoms with Crippen LogP contribution < -0.4 is 5.32 Å². The maximum Gasteiger partial charge on any atom is 0.317 e. The molecule has 5 heteroatoms. The molecule has 0 saturated carbocycles. The van der Waals surface area contributed by atoms with E-state index in [4.69, 9.17) is 0 Å². The number of benzene rings is 2. The van der Waals surface area contributed by atoms with Crippen LogP contribution in [0.5, 0.6) is 0 Å². The second-order valence-electron chi connectivity index (χ2n) is 9.04. The van der Waals surface area contributed by atoms with E-state index in [0.717, 1.165) is 58.4 Å². The molecular weight excluding hydrogens is 384 g/mol. The summed E-state index contributed by atoms with van der Waals surface area (Å²) in [6.07, 6.45) is 6.29. The number of amides is 2. The average molecular weight is 417 g/mol. The minimum absolute atomic E-state index is 0.124. The highest BCUT2D eigenvalue weighted by Gasteiger charge is 2.27. The summed E-state index contributed by atoms with van der Waals surface area (Å²) in [5.41, 5.74) is 3.97. The van der Waals surface area contributed by atoms with E-state index in [1.165, 1.54) is 22.0 Å². The fraction of sp³-hybridized carbons (Fsp3) is 0.423. The van der Waals surface area contributed by atoms with Crippen LogP contribution in [0.2, 0.25) is 0 Å². The molecule has 0 radical (unpaired) electrons. The molecule has 2 aliphatic heterocycles. The van der Waals surface area contributed by atoms with Crippen molar-refractivity contribution in [3.05, 3.63) is 71.9 Å². The van der Waals surface area contributed by atoms with Gasteiger partial charge in [-0.2, -0.15) is 0 Å². The first-order valence-electron chi connectivity index (χ1n) is 11.6. The number of carbonyl (C=O) groups is 1. The molecule has 2 amide bonds. The van der Waals surface area contributed by atoms with Crippen molar-refractivity contribution in [2.75, 3.05) is 26.2 Å². The smallest absolute Gasteiger partial charge is 0.317 e. The number of rotatable bonds is 4. The van der Waals surface area contributed by atoms with Gasteiger partial charge in [0.05, 0.1) is 0 Å². The largest absolute Gasteiger partial charge is 0.361 e. The van der Waals surface area contributed by atoms with Crippen molar-refractivity contribution in [1.82, 2.24) is 20.1 Å². The minimum Gasteiger partial charge on any atom is -0.361 e. The summed E-state index contributed by atoms with van der Waals surface area (Å²) in [6, 6.07) is 19.6. The van der Waals surface area contributed by atoms with Gasteiger partial charge >= 0.3 is 6.03 Å². The third-order valence-electron chi connectivity index (χ3n) is 7.01. The van der Waals surface area contributed by atoms with Gasteiger partial charge in [0, 0.05) is 55.9 Å². The Labute approximate surface area is 184 Å². The number of aromatic nitrogens is 1. The molecule has 0 unspecified atom stereocenters. The standard InChI is InChI=1S/C26H32N4O/c31-26(28-22-12-14-29(15-13-22)19-20-6-2-1-3-7-20)30-16-10-21(11-17-30)24-18-27-25-9-5-4-8-23(24)25/h1-9,18,21-22,27H,10-17,19H2,(H,28,31). The van der Waals surface area contributed by atoms with E-state index < -0.39 is 0 Å². The van der Waals surface area contributed by atoms with Crippen LogP contribution in [0.1, 0.15) is 42.7 Å². The number of hydrogen-bond acceptors (Lipinski definition) is 2. The third kappa shape index (κ3) is 4.62. The van der Waals surface area contributed by atoms with Gasteiger partial charge in [0.1, 0.15) is 0 Å². The topological polar surface area (TPSA) is 51.4 Å². The quantitative estimate of drug-likeness (QED) is 0.646. The zero-order valence-electron chi connectivity index (χ0n) is 18.1. The fourth-order valence-electron chi connectivity index (χ4n) is 5.17. The monoisotopic (exact) mass is 416 g/mol. The van der Waals surface area contributed by atoms with Crippen LogP contribution in [-0.2, 0) is 6.54 Å². The van der Waals surface area contributed by atoms with Crippen LogP contribution in [0.15, 0.2) is 60.8 Å². The summed E-state index contributed by atoms with van der Waals surface area (Å²) in [4.78, 5) is 20.7. The lowest BCUT2D eigenvalue weighted by Crippen LogP contribution is -2.50. The van der Waals surface area contributed by atoms with Crippen molar-refractivity contribution in [2.45, 2.75) is 44.2 Å². The molecule has 0 bridgehead atoms. The Hall–Kier alpha value is -2.79. The van der Waals surface area contributed by atoms with Crippen molar-refractivity contribution in [2.24, 2.45) is 0 Å². The molecule has 162 valence electrons. The van der Waals surface area contributed by atoms with Gasteiger partial charge in [-0.1, -0.05) is 48.5 Å². The summed E-state index contributed by atoms with van der Waals surface area (Å²) in [6.45, 7) is 4.76. The normalized spacial score (nSPS) is 19.0. The van der Waals surface area contributed by atoms with Gasteiger partial charge in [-0.15, -0.1) is 0 Å². The Bertz CT molecular complexity index is 998. The highest BCUT2D eigenvalue weighted by molar-refractivity contribution is 5.83. The van der Waals surface area contributed by atoms with Gasteiger partial charge in [0.25, 0.3) is 0 Å². The summed E-state index contributed by atoms with van der Waals surface area (Å²) in [5, 5.41) is 4.63. The number of likely N-dealkylation sites (tertiary alicyclic amines) is 2. The molecule has 3 heterocycles. The van der Waals surface area contributed by atoms with E-state index in [9.17, 15) is 4.79 Å². The number of H-pyrrole nitrogens is 1. The number of aromatic amines is 1. The van der Waals surface area contributed by atoms with Crippen molar-refractivity contribution in [3.63, 3.8) is 0 Å². The molecule has 2 aromatic carbocycles. The summed E-state index contributed by atoms with van der Waals surface area (Å²) >= 11 is 0. The van der Waals surface area contributed by atoms with Crippen LogP contribution in [0.3, 0.4) is 0 Å². The molecule has 5 nitrogen and oxygen atoms in total. The Balaban J connectivity index is 1.08. The van der Waals surface area contributed by atoms with Gasteiger partial charge in [-0.25, -0.2) is 4.79 Å². The molecule has 2 aliphatic rings. The fourth-order valence-corrected chi connectivity index (χ4v) is 5.17. The first-order chi connectivity index (χ1) is 15.3. The van der Waals surface area contributed by atoms with E-state index in [1.54, 1.807) is 0 Å². The number of fused-ring (bicyclic) bond motifs is 1. The number of nitrogens with one attached hydrogen (secondary N) is 2. The molecule has 2 saturated heterocycles. The SMILES string of the molecule is O=C(NC1CCN(Cc2ccccc2)CC1)N1CCC(c2c[nH]c3ccccc23)CC1. The maximum atomic E-state index is 12.8. The molecule has 2 fully saturated rings. The van der Waals surface area contributed by atoms with Gasteiger partial charge < -0.3 is 15.2 Å². The van der Waals surface area contributed by atoms with Crippen LogP contribution >= 0.6 is 0 Å². The Kier molecular flexibility index (Phi) is 5.94. The Morgan fingerprint density at radius 1 is 0.903 bits per heavy atom. The van der Waals surface area contributed by atoms with Crippen molar-refractivity contribution in [3.8, 4) is 0 Å². The van der Waals surface area contributed by atoms with E-state index in [-0.39, 0.29) is 6.03 Å².